The monoisotopic (exact) mass is 223 g/mol. The van der Waals surface area contributed by atoms with Gasteiger partial charge >= 0.3 is 0 Å². The Morgan fingerprint density at radius 2 is 2.00 bits per heavy atom. The Morgan fingerprint density at radius 3 is 2.60 bits per heavy atom. The van der Waals surface area contributed by atoms with Crippen molar-refractivity contribution in [2.75, 3.05) is 7.11 Å². The summed E-state index contributed by atoms with van der Waals surface area (Å²) in [6.45, 7) is 0. The highest BCUT2D eigenvalue weighted by Gasteiger charge is 2.08. The predicted octanol–water partition coefficient (Wildman–Crippen LogP) is 4.00. The molecule has 2 rings (SSSR count). The van der Waals surface area contributed by atoms with Crippen LogP contribution in [-0.4, -0.2) is 12.8 Å². The molecule has 0 spiro atoms. The number of benzene rings is 1. The maximum absolute atomic E-state index is 6.02. The molecular weight excluding hydrogens is 210 g/mol. The molecule has 2 nitrogen and oxygen atoms in total. The van der Waals surface area contributed by atoms with Crippen molar-refractivity contribution >= 4 is 23.0 Å². The lowest BCUT2D eigenvalue weighted by Crippen LogP contribution is -1.87. The van der Waals surface area contributed by atoms with Gasteiger partial charge in [0.2, 0.25) is 0 Å². The first kappa shape index (κ1) is 10.5. The first-order chi connectivity index (χ1) is 7.29. The molecule has 1 aliphatic carbocycles. The Hall–Kier alpha value is -1.02. The molecule has 0 saturated heterocycles. The minimum atomic E-state index is 0.623. The number of halogens is 1. The molecule has 0 atom stereocenters. The van der Waals surface area contributed by atoms with Crippen molar-refractivity contribution in [1.82, 2.24) is 0 Å². The van der Waals surface area contributed by atoms with Crippen LogP contribution in [0.25, 0.3) is 0 Å². The highest BCUT2D eigenvalue weighted by Crippen LogP contribution is 2.29. The maximum Gasteiger partial charge on any atom is 0.137 e. The highest BCUT2D eigenvalue weighted by atomic mass is 35.5. The summed E-state index contributed by atoms with van der Waals surface area (Å²) in [5, 5.41) is 0.623. The number of rotatable bonds is 2. The summed E-state index contributed by atoms with van der Waals surface area (Å²) in [4.78, 5) is 4.57. The fraction of sp³-hybridized carbons (Fsp3) is 0.417. The first-order valence-corrected chi connectivity index (χ1v) is 5.57. The number of hydrogen-bond donors (Lipinski definition) is 0. The number of ether oxygens (including phenoxy) is 1. The van der Waals surface area contributed by atoms with Crippen LogP contribution in [0.2, 0.25) is 5.02 Å². The predicted molar refractivity (Wildman–Crippen MR) is 63.6 cm³/mol. The molecule has 0 bridgehead atoms. The summed E-state index contributed by atoms with van der Waals surface area (Å²) in [5.74, 6) is 0.701. The zero-order valence-corrected chi connectivity index (χ0v) is 9.55. The average Bonchev–Trinajstić information content (AvgIpc) is 2.71. The van der Waals surface area contributed by atoms with Crippen LogP contribution in [0.5, 0.6) is 5.75 Å². The topological polar surface area (TPSA) is 21.6 Å². The van der Waals surface area contributed by atoms with Gasteiger partial charge in [-0.1, -0.05) is 11.6 Å². The van der Waals surface area contributed by atoms with E-state index in [-0.39, 0.29) is 0 Å². The van der Waals surface area contributed by atoms with Gasteiger partial charge in [0.05, 0.1) is 17.8 Å². The van der Waals surface area contributed by atoms with E-state index in [4.69, 9.17) is 16.3 Å². The summed E-state index contributed by atoms with van der Waals surface area (Å²) in [6.07, 6.45) is 4.79. The SMILES string of the molecule is COc1ccc(N=C2CCCC2)cc1Cl. The minimum Gasteiger partial charge on any atom is -0.495 e. The molecule has 0 radical (unpaired) electrons. The van der Waals surface area contributed by atoms with Gasteiger partial charge in [-0.25, -0.2) is 0 Å². The molecule has 15 heavy (non-hydrogen) atoms. The Bertz CT molecular complexity index is 379. The number of hydrogen-bond acceptors (Lipinski definition) is 2. The Kier molecular flexibility index (Phi) is 3.27. The van der Waals surface area contributed by atoms with E-state index in [0.29, 0.717) is 10.8 Å². The van der Waals surface area contributed by atoms with E-state index in [1.807, 2.05) is 18.2 Å². The highest BCUT2D eigenvalue weighted by molar-refractivity contribution is 6.32. The van der Waals surface area contributed by atoms with Crippen molar-refractivity contribution in [1.29, 1.82) is 0 Å². The smallest absolute Gasteiger partial charge is 0.137 e. The summed E-state index contributed by atoms with van der Waals surface area (Å²) in [5.41, 5.74) is 2.22. The van der Waals surface area contributed by atoms with Crippen molar-refractivity contribution in [2.24, 2.45) is 4.99 Å². The van der Waals surface area contributed by atoms with Crippen LogP contribution >= 0.6 is 11.6 Å². The molecule has 80 valence electrons. The second kappa shape index (κ2) is 4.67. The molecule has 1 aromatic carbocycles. The molecule has 1 aliphatic rings. The third kappa shape index (κ3) is 2.51. The van der Waals surface area contributed by atoms with Crippen molar-refractivity contribution in [3.8, 4) is 5.75 Å². The maximum atomic E-state index is 6.02. The second-order valence-corrected chi connectivity index (χ2v) is 4.11. The second-order valence-electron chi connectivity index (χ2n) is 3.70. The zero-order valence-electron chi connectivity index (χ0n) is 8.79. The van der Waals surface area contributed by atoms with E-state index in [9.17, 15) is 0 Å². The summed E-state index contributed by atoms with van der Waals surface area (Å²) in [7, 11) is 1.61. The van der Waals surface area contributed by atoms with Crippen molar-refractivity contribution in [2.45, 2.75) is 25.7 Å². The fourth-order valence-electron chi connectivity index (χ4n) is 1.80. The number of nitrogens with zero attached hydrogens (tertiary/aromatic N) is 1. The third-order valence-corrected chi connectivity index (χ3v) is 2.90. The summed E-state index contributed by atoms with van der Waals surface area (Å²) < 4.78 is 5.09. The lowest BCUT2D eigenvalue weighted by Gasteiger charge is -2.03. The summed E-state index contributed by atoms with van der Waals surface area (Å²) >= 11 is 6.02. The first-order valence-electron chi connectivity index (χ1n) is 5.19. The molecule has 0 N–H and O–H groups in total. The van der Waals surface area contributed by atoms with Crippen LogP contribution in [0.1, 0.15) is 25.7 Å². The Labute approximate surface area is 94.9 Å². The van der Waals surface area contributed by atoms with Crippen LogP contribution in [-0.2, 0) is 0 Å². The molecule has 1 aromatic rings. The van der Waals surface area contributed by atoms with Crippen molar-refractivity contribution < 1.29 is 4.74 Å². The molecular formula is C12H14ClNO. The number of methoxy groups -OCH3 is 1. The third-order valence-electron chi connectivity index (χ3n) is 2.60. The van der Waals surface area contributed by atoms with E-state index in [2.05, 4.69) is 4.99 Å². The molecule has 0 aromatic heterocycles. The van der Waals surface area contributed by atoms with Crippen molar-refractivity contribution in [3.05, 3.63) is 23.2 Å². The van der Waals surface area contributed by atoms with E-state index < -0.39 is 0 Å². The van der Waals surface area contributed by atoms with Crippen molar-refractivity contribution in [3.63, 3.8) is 0 Å². The van der Waals surface area contributed by atoms with Gasteiger partial charge < -0.3 is 4.74 Å². The largest absolute Gasteiger partial charge is 0.495 e. The fourth-order valence-corrected chi connectivity index (χ4v) is 2.05. The molecule has 1 saturated carbocycles. The van der Waals surface area contributed by atoms with Gasteiger partial charge in [0.15, 0.2) is 0 Å². The van der Waals surface area contributed by atoms with Crippen LogP contribution < -0.4 is 4.74 Å². The zero-order chi connectivity index (χ0) is 10.7. The molecule has 3 heteroatoms. The molecule has 0 unspecified atom stereocenters. The Morgan fingerprint density at radius 1 is 1.27 bits per heavy atom. The van der Waals surface area contributed by atoms with E-state index in [1.165, 1.54) is 18.6 Å². The van der Waals surface area contributed by atoms with E-state index in [1.54, 1.807) is 7.11 Å². The average molecular weight is 224 g/mol. The van der Waals surface area contributed by atoms with Gasteiger partial charge in [-0.15, -0.1) is 0 Å². The number of aliphatic imine (C=N–C) groups is 1. The van der Waals surface area contributed by atoms with Gasteiger partial charge in [0.1, 0.15) is 5.75 Å². The molecule has 0 amide bonds. The van der Waals surface area contributed by atoms with E-state index >= 15 is 0 Å². The quantitative estimate of drug-likeness (QED) is 0.743. The standard InChI is InChI=1S/C12H14ClNO/c1-15-12-7-6-10(8-11(12)13)14-9-4-2-3-5-9/h6-8H,2-5H2,1H3. The van der Waals surface area contributed by atoms with Crippen LogP contribution in [0.4, 0.5) is 5.69 Å². The lowest BCUT2D eigenvalue weighted by molar-refractivity contribution is 0.415. The minimum absolute atomic E-state index is 0.623. The van der Waals surface area contributed by atoms with Gasteiger partial charge in [0, 0.05) is 5.71 Å². The van der Waals surface area contributed by atoms with Gasteiger partial charge in [-0.05, 0) is 43.9 Å². The summed E-state index contributed by atoms with van der Waals surface area (Å²) in [6, 6.07) is 5.65. The van der Waals surface area contributed by atoms with Crippen LogP contribution in [0.3, 0.4) is 0 Å². The molecule has 1 fully saturated rings. The lowest BCUT2D eigenvalue weighted by atomic mass is 10.3. The van der Waals surface area contributed by atoms with Crippen LogP contribution in [0.15, 0.2) is 23.2 Å². The molecule has 0 aliphatic heterocycles. The molecule has 0 heterocycles. The van der Waals surface area contributed by atoms with Gasteiger partial charge in [-0.2, -0.15) is 0 Å². The Balaban J connectivity index is 2.22. The normalized spacial score (nSPS) is 15.5. The van der Waals surface area contributed by atoms with Gasteiger partial charge in [-0.3, -0.25) is 4.99 Å². The van der Waals surface area contributed by atoms with Gasteiger partial charge in [0.25, 0.3) is 0 Å². The van der Waals surface area contributed by atoms with Crippen LogP contribution in [0, 0.1) is 0 Å². The van der Waals surface area contributed by atoms with E-state index in [0.717, 1.165) is 18.5 Å².